The highest BCUT2D eigenvalue weighted by Gasteiger charge is 2.20. The highest BCUT2D eigenvalue weighted by Crippen LogP contribution is 2.25. The zero-order valence-electron chi connectivity index (χ0n) is 18.1. The predicted molar refractivity (Wildman–Crippen MR) is 128 cm³/mol. The summed E-state index contributed by atoms with van der Waals surface area (Å²) in [5, 5.41) is 9.34. The molecule has 8 heteroatoms. The number of rotatable bonds is 8. The summed E-state index contributed by atoms with van der Waals surface area (Å²) >= 11 is 1.35. The highest BCUT2D eigenvalue weighted by molar-refractivity contribution is 7.12. The van der Waals surface area contributed by atoms with Crippen LogP contribution in [0.5, 0.6) is 0 Å². The Labute approximate surface area is 195 Å². The van der Waals surface area contributed by atoms with Gasteiger partial charge in [-0.25, -0.2) is 9.07 Å². The average Bonchev–Trinajstić information content (AvgIpc) is 3.50. The quantitative estimate of drug-likeness (QED) is 0.390. The summed E-state index contributed by atoms with van der Waals surface area (Å²) in [5.74, 6) is -0.428. The molecule has 0 atom stereocenters. The maximum Gasteiger partial charge on any atom is 0.264 e. The van der Waals surface area contributed by atoms with Crippen LogP contribution in [0.2, 0.25) is 0 Å². The zero-order chi connectivity index (χ0) is 23.2. The van der Waals surface area contributed by atoms with Crippen LogP contribution in [0.4, 0.5) is 10.2 Å². The van der Waals surface area contributed by atoms with Gasteiger partial charge in [0, 0.05) is 18.2 Å². The van der Waals surface area contributed by atoms with Crippen LogP contribution in [0.25, 0.3) is 16.9 Å². The van der Waals surface area contributed by atoms with Crippen molar-refractivity contribution in [2.24, 2.45) is 0 Å². The van der Waals surface area contributed by atoms with E-state index in [4.69, 9.17) is 0 Å². The number of thiophene rings is 1. The lowest BCUT2D eigenvalue weighted by molar-refractivity contribution is -0.116. The Bertz CT molecular complexity index is 1220. The van der Waals surface area contributed by atoms with E-state index in [1.165, 1.54) is 28.4 Å². The zero-order valence-corrected chi connectivity index (χ0v) is 18.9. The molecule has 0 aliphatic heterocycles. The normalized spacial score (nSPS) is 10.7. The minimum absolute atomic E-state index is 0.0835. The van der Waals surface area contributed by atoms with Gasteiger partial charge >= 0.3 is 0 Å². The van der Waals surface area contributed by atoms with Crippen LogP contribution in [0.3, 0.4) is 0 Å². The molecule has 0 bridgehead atoms. The molecule has 168 valence electrons. The lowest BCUT2D eigenvalue weighted by Gasteiger charge is -2.21. The second kappa shape index (κ2) is 10.2. The number of anilines is 1. The van der Waals surface area contributed by atoms with E-state index in [0.717, 1.165) is 12.0 Å². The largest absolute Gasteiger partial charge is 0.329 e. The van der Waals surface area contributed by atoms with Crippen LogP contribution in [0.1, 0.15) is 23.0 Å². The van der Waals surface area contributed by atoms with Crippen LogP contribution >= 0.6 is 11.3 Å². The van der Waals surface area contributed by atoms with Gasteiger partial charge in [0.2, 0.25) is 5.91 Å². The van der Waals surface area contributed by atoms with Crippen LogP contribution < -0.4 is 5.32 Å². The minimum Gasteiger partial charge on any atom is -0.329 e. The van der Waals surface area contributed by atoms with Crippen molar-refractivity contribution in [1.29, 1.82) is 0 Å². The van der Waals surface area contributed by atoms with Crippen molar-refractivity contribution in [3.05, 3.63) is 88.9 Å². The highest BCUT2D eigenvalue weighted by atomic mass is 32.1. The molecule has 33 heavy (non-hydrogen) atoms. The second-order valence-corrected chi connectivity index (χ2v) is 8.37. The topological polar surface area (TPSA) is 67.2 Å². The Balaban J connectivity index is 1.60. The van der Waals surface area contributed by atoms with E-state index in [0.29, 0.717) is 28.6 Å². The third kappa shape index (κ3) is 5.35. The van der Waals surface area contributed by atoms with Crippen molar-refractivity contribution < 1.29 is 14.0 Å². The molecule has 4 aromatic rings. The molecule has 0 radical (unpaired) electrons. The first-order valence-electron chi connectivity index (χ1n) is 10.6. The summed E-state index contributed by atoms with van der Waals surface area (Å²) in [7, 11) is 0. The summed E-state index contributed by atoms with van der Waals surface area (Å²) in [4.78, 5) is 27.9. The van der Waals surface area contributed by atoms with Crippen molar-refractivity contribution in [3.8, 4) is 16.9 Å². The minimum atomic E-state index is -0.359. The van der Waals surface area contributed by atoms with E-state index in [2.05, 4.69) is 10.4 Å². The van der Waals surface area contributed by atoms with Gasteiger partial charge in [0.1, 0.15) is 18.2 Å². The number of halogens is 1. The fourth-order valence-corrected chi connectivity index (χ4v) is 4.12. The Morgan fingerprint density at radius 3 is 2.48 bits per heavy atom. The molecular weight excluding hydrogens is 439 g/mol. The summed E-state index contributed by atoms with van der Waals surface area (Å²) in [6, 6.07) is 20.8. The number of nitrogens with one attached hydrogen (secondary N) is 1. The molecule has 4 rings (SSSR count). The lowest BCUT2D eigenvalue weighted by Crippen LogP contribution is -2.38. The molecule has 0 saturated heterocycles. The monoisotopic (exact) mass is 462 g/mol. The average molecular weight is 463 g/mol. The van der Waals surface area contributed by atoms with Crippen molar-refractivity contribution in [2.45, 2.75) is 13.3 Å². The standard InChI is InChI=1S/C25H23FN4O2S/c1-2-14-29(25(32)22-9-6-15-33-22)17-24(31)27-23-16-21(18-7-4-3-5-8-18)28-30(23)20-12-10-19(26)11-13-20/h3-13,15-16H,2,14,17H2,1H3,(H,27,31). The number of carbonyl (C=O) groups is 2. The van der Waals surface area contributed by atoms with Gasteiger partial charge in [-0.1, -0.05) is 43.3 Å². The summed E-state index contributed by atoms with van der Waals surface area (Å²) in [5.41, 5.74) is 2.15. The first-order valence-corrected chi connectivity index (χ1v) is 11.5. The van der Waals surface area contributed by atoms with Gasteiger partial charge in [-0.05, 0) is 42.1 Å². The van der Waals surface area contributed by atoms with Gasteiger partial charge in [0.05, 0.1) is 16.3 Å². The van der Waals surface area contributed by atoms with Gasteiger partial charge in [-0.15, -0.1) is 11.3 Å². The van der Waals surface area contributed by atoms with E-state index in [1.807, 2.05) is 48.7 Å². The van der Waals surface area contributed by atoms with Crippen LogP contribution in [-0.4, -0.2) is 39.6 Å². The Morgan fingerprint density at radius 2 is 1.82 bits per heavy atom. The summed E-state index contributed by atoms with van der Waals surface area (Å²) in [6.45, 7) is 2.35. The molecule has 6 nitrogen and oxygen atoms in total. The number of hydrogen-bond acceptors (Lipinski definition) is 4. The van der Waals surface area contributed by atoms with Crippen molar-refractivity contribution in [2.75, 3.05) is 18.4 Å². The van der Waals surface area contributed by atoms with Gasteiger partial charge in [-0.2, -0.15) is 5.10 Å². The number of amides is 2. The summed E-state index contributed by atoms with van der Waals surface area (Å²) < 4.78 is 15.0. The number of carbonyl (C=O) groups excluding carboxylic acids is 2. The first kappa shape index (κ1) is 22.4. The SMILES string of the molecule is CCCN(CC(=O)Nc1cc(-c2ccccc2)nn1-c1ccc(F)cc1)C(=O)c1cccs1. The molecule has 0 fully saturated rings. The number of hydrogen-bond donors (Lipinski definition) is 1. The molecule has 2 heterocycles. The number of aromatic nitrogens is 2. The van der Waals surface area contributed by atoms with Gasteiger partial charge in [-0.3, -0.25) is 9.59 Å². The van der Waals surface area contributed by atoms with E-state index < -0.39 is 0 Å². The van der Waals surface area contributed by atoms with Crippen LogP contribution in [-0.2, 0) is 4.79 Å². The molecule has 2 aromatic carbocycles. The second-order valence-electron chi connectivity index (χ2n) is 7.42. The smallest absolute Gasteiger partial charge is 0.264 e. The van der Waals surface area contributed by atoms with Crippen molar-refractivity contribution >= 4 is 29.0 Å². The molecule has 0 aliphatic carbocycles. The fourth-order valence-electron chi connectivity index (χ4n) is 3.43. The Hall–Kier alpha value is -3.78. The predicted octanol–water partition coefficient (Wildman–Crippen LogP) is 5.23. The number of benzene rings is 2. The third-order valence-electron chi connectivity index (χ3n) is 4.96. The summed E-state index contributed by atoms with van der Waals surface area (Å²) in [6.07, 6.45) is 0.732. The number of nitrogens with zero attached hydrogens (tertiary/aromatic N) is 3. The fraction of sp³-hybridized carbons (Fsp3) is 0.160. The molecule has 0 saturated carbocycles. The van der Waals surface area contributed by atoms with Gasteiger partial charge in [0.25, 0.3) is 5.91 Å². The van der Waals surface area contributed by atoms with E-state index >= 15 is 0 Å². The molecule has 2 aromatic heterocycles. The molecule has 2 amide bonds. The first-order chi connectivity index (χ1) is 16.0. The molecule has 0 spiro atoms. The molecule has 0 aliphatic rings. The van der Waals surface area contributed by atoms with Crippen molar-refractivity contribution in [1.82, 2.24) is 14.7 Å². The Kier molecular flexibility index (Phi) is 6.95. The van der Waals surface area contributed by atoms with Gasteiger partial charge < -0.3 is 10.2 Å². The lowest BCUT2D eigenvalue weighted by atomic mass is 10.1. The van der Waals surface area contributed by atoms with Crippen LogP contribution in [0, 0.1) is 5.82 Å². The maximum atomic E-state index is 13.5. The molecule has 0 unspecified atom stereocenters. The van der Waals surface area contributed by atoms with Crippen molar-refractivity contribution in [3.63, 3.8) is 0 Å². The van der Waals surface area contributed by atoms with Crippen LogP contribution in [0.15, 0.2) is 78.2 Å². The van der Waals surface area contributed by atoms with Gasteiger partial charge in [0.15, 0.2) is 0 Å². The van der Waals surface area contributed by atoms with E-state index in [9.17, 15) is 14.0 Å². The van der Waals surface area contributed by atoms with E-state index in [1.54, 1.807) is 28.9 Å². The maximum absolute atomic E-state index is 13.5. The van der Waals surface area contributed by atoms with E-state index in [-0.39, 0.29) is 24.2 Å². The third-order valence-corrected chi connectivity index (χ3v) is 5.82. The molecular formula is C25H23FN4O2S. The Morgan fingerprint density at radius 1 is 1.06 bits per heavy atom. The molecule has 1 N–H and O–H groups in total.